The molecule has 3 aromatic rings. The van der Waals surface area contributed by atoms with Crippen LogP contribution >= 0.6 is 34.4 Å². The van der Waals surface area contributed by atoms with Crippen LogP contribution in [-0.4, -0.2) is 26.2 Å². The number of rotatable bonds is 7. The zero-order valence-electron chi connectivity index (χ0n) is 13.9. The van der Waals surface area contributed by atoms with E-state index in [9.17, 15) is 9.59 Å². The Morgan fingerprint density at radius 1 is 1.36 bits per heavy atom. The predicted molar refractivity (Wildman–Crippen MR) is 105 cm³/mol. The average molecular weight is 395 g/mol. The maximum Gasteiger partial charge on any atom is 0.272 e. The predicted octanol–water partition coefficient (Wildman–Crippen LogP) is 3.69. The van der Waals surface area contributed by atoms with Gasteiger partial charge in [-0.05, 0) is 23.8 Å². The molecule has 0 unspecified atom stereocenters. The number of nitrogens with one attached hydrogen (secondary N) is 1. The molecular weight excluding hydrogens is 376 g/mol. The number of thiazole rings is 1. The highest BCUT2D eigenvalue weighted by molar-refractivity contribution is 7.99. The van der Waals surface area contributed by atoms with Gasteiger partial charge in [-0.3, -0.25) is 14.2 Å². The van der Waals surface area contributed by atoms with Crippen molar-refractivity contribution < 1.29 is 4.79 Å². The first-order chi connectivity index (χ1) is 12.0. The summed E-state index contributed by atoms with van der Waals surface area (Å²) in [5, 5.41) is 7.58. The lowest BCUT2D eigenvalue weighted by Crippen LogP contribution is -2.24. The third kappa shape index (κ3) is 4.47. The second-order valence-electron chi connectivity index (χ2n) is 5.84. The van der Waals surface area contributed by atoms with E-state index >= 15 is 0 Å². The van der Waals surface area contributed by atoms with Gasteiger partial charge in [0.25, 0.3) is 5.56 Å². The van der Waals surface area contributed by atoms with Crippen LogP contribution in [0.3, 0.4) is 0 Å². The van der Waals surface area contributed by atoms with E-state index in [4.69, 9.17) is 0 Å². The largest absolute Gasteiger partial charge is 0.301 e. The van der Waals surface area contributed by atoms with Crippen LogP contribution in [0.2, 0.25) is 0 Å². The van der Waals surface area contributed by atoms with Gasteiger partial charge in [0, 0.05) is 18.1 Å². The number of fused-ring (bicyclic) bond motifs is 1. The molecular formula is C16H18N4O2S3. The molecule has 0 saturated heterocycles. The van der Waals surface area contributed by atoms with Crippen molar-refractivity contribution in [2.45, 2.75) is 32.0 Å². The van der Waals surface area contributed by atoms with Crippen molar-refractivity contribution in [2.24, 2.45) is 5.92 Å². The Hall–Kier alpha value is -1.71. The van der Waals surface area contributed by atoms with Gasteiger partial charge in [0.05, 0.1) is 11.3 Å². The zero-order valence-corrected chi connectivity index (χ0v) is 16.3. The van der Waals surface area contributed by atoms with Crippen molar-refractivity contribution in [3.05, 3.63) is 33.4 Å². The third-order valence-electron chi connectivity index (χ3n) is 3.47. The zero-order chi connectivity index (χ0) is 17.8. The molecule has 1 N–H and O–H groups in total. The number of thiophene rings is 1. The topological polar surface area (TPSA) is 76.9 Å². The Bertz CT molecular complexity index is 915. The first kappa shape index (κ1) is 18.1. The maximum absolute atomic E-state index is 12.7. The summed E-state index contributed by atoms with van der Waals surface area (Å²) in [7, 11) is 0. The summed E-state index contributed by atoms with van der Waals surface area (Å²) in [6, 6.07) is 1.84. The minimum Gasteiger partial charge on any atom is -0.301 e. The van der Waals surface area contributed by atoms with Crippen molar-refractivity contribution in [1.29, 1.82) is 0 Å². The van der Waals surface area contributed by atoms with Crippen LogP contribution in [0.5, 0.6) is 0 Å². The van der Waals surface area contributed by atoms with Gasteiger partial charge >= 0.3 is 0 Å². The molecule has 1 amide bonds. The third-order valence-corrected chi connectivity index (χ3v) is 6.03. The average Bonchev–Trinajstić information content (AvgIpc) is 3.23. The molecule has 132 valence electrons. The van der Waals surface area contributed by atoms with Crippen LogP contribution in [0.4, 0.5) is 5.13 Å². The van der Waals surface area contributed by atoms with E-state index in [0.717, 1.165) is 6.42 Å². The fourth-order valence-corrected chi connectivity index (χ4v) is 4.34. The molecule has 0 aliphatic heterocycles. The molecule has 0 saturated carbocycles. The van der Waals surface area contributed by atoms with Gasteiger partial charge in [0.2, 0.25) is 5.91 Å². The van der Waals surface area contributed by atoms with Gasteiger partial charge in [0.15, 0.2) is 10.3 Å². The van der Waals surface area contributed by atoms with Crippen molar-refractivity contribution >= 4 is 55.7 Å². The molecule has 0 aliphatic rings. The van der Waals surface area contributed by atoms with Crippen LogP contribution in [-0.2, 0) is 11.3 Å². The lowest BCUT2D eigenvalue weighted by molar-refractivity contribution is -0.113. The lowest BCUT2D eigenvalue weighted by atomic mass is 10.1. The Morgan fingerprint density at radius 2 is 2.20 bits per heavy atom. The molecule has 0 bridgehead atoms. The summed E-state index contributed by atoms with van der Waals surface area (Å²) in [5.74, 6) is 0.510. The highest BCUT2D eigenvalue weighted by Crippen LogP contribution is 2.22. The van der Waals surface area contributed by atoms with Gasteiger partial charge in [-0.1, -0.05) is 25.6 Å². The number of anilines is 1. The van der Waals surface area contributed by atoms with Crippen LogP contribution < -0.4 is 10.9 Å². The number of hydrogen-bond donors (Lipinski definition) is 1. The molecule has 0 atom stereocenters. The van der Waals surface area contributed by atoms with Crippen LogP contribution in [0, 0.1) is 5.92 Å². The number of carbonyl (C=O) groups is 1. The normalized spacial score (nSPS) is 11.3. The molecule has 6 nitrogen and oxygen atoms in total. The van der Waals surface area contributed by atoms with E-state index in [1.165, 1.54) is 34.4 Å². The Balaban J connectivity index is 1.79. The van der Waals surface area contributed by atoms with Gasteiger partial charge in [0.1, 0.15) is 4.70 Å². The van der Waals surface area contributed by atoms with E-state index in [0.29, 0.717) is 33.0 Å². The molecule has 0 fully saturated rings. The van der Waals surface area contributed by atoms with Gasteiger partial charge in [-0.25, -0.2) is 9.97 Å². The van der Waals surface area contributed by atoms with E-state index in [-0.39, 0.29) is 17.2 Å². The van der Waals surface area contributed by atoms with E-state index in [2.05, 4.69) is 29.1 Å². The second kappa shape index (κ2) is 8.11. The summed E-state index contributed by atoms with van der Waals surface area (Å²) >= 11 is 4.06. The number of aromatic nitrogens is 3. The fraction of sp³-hybridized carbons (Fsp3) is 0.375. The number of hydrogen-bond acceptors (Lipinski definition) is 7. The number of thioether (sulfide) groups is 1. The molecule has 0 aliphatic carbocycles. The fourth-order valence-electron chi connectivity index (χ4n) is 2.19. The molecule has 0 radical (unpaired) electrons. The summed E-state index contributed by atoms with van der Waals surface area (Å²) in [4.78, 5) is 33.4. The number of nitrogens with zero attached hydrogens (tertiary/aromatic N) is 3. The minimum absolute atomic E-state index is 0.0246. The lowest BCUT2D eigenvalue weighted by Gasteiger charge is -2.13. The van der Waals surface area contributed by atoms with Crippen LogP contribution in [0.25, 0.3) is 10.2 Å². The van der Waals surface area contributed by atoms with Crippen LogP contribution in [0.1, 0.15) is 20.3 Å². The molecule has 9 heteroatoms. The Kier molecular flexibility index (Phi) is 5.87. The first-order valence-corrected chi connectivity index (χ1v) is 10.6. The van der Waals surface area contributed by atoms with Crippen molar-refractivity contribution in [3.63, 3.8) is 0 Å². The molecule has 3 heterocycles. The van der Waals surface area contributed by atoms with E-state index < -0.39 is 0 Å². The van der Waals surface area contributed by atoms with Gasteiger partial charge in [-0.15, -0.1) is 22.7 Å². The minimum atomic E-state index is -0.157. The molecule has 3 rings (SSSR count). The summed E-state index contributed by atoms with van der Waals surface area (Å²) in [6.07, 6.45) is 2.53. The Labute approximate surface area is 157 Å². The van der Waals surface area contributed by atoms with E-state index in [1.54, 1.807) is 16.1 Å². The highest BCUT2D eigenvalue weighted by atomic mass is 32.2. The standard InChI is InChI=1S/C16H18N4O2S3/c1-10(2)3-6-20-14(22)13-11(4-7-23-13)18-16(20)25-9-12(21)19-15-17-5-8-24-15/h4-5,7-8,10H,3,6,9H2,1-2H3,(H,17,19,21). The van der Waals surface area contributed by atoms with Crippen LogP contribution in [0.15, 0.2) is 33.0 Å². The highest BCUT2D eigenvalue weighted by Gasteiger charge is 2.15. The molecule has 0 aromatic carbocycles. The Morgan fingerprint density at radius 3 is 2.92 bits per heavy atom. The van der Waals surface area contributed by atoms with Crippen molar-refractivity contribution in [1.82, 2.24) is 14.5 Å². The molecule has 3 aromatic heterocycles. The quantitative estimate of drug-likeness (QED) is 0.488. The SMILES string of the molecule is CC(C)CCn1c(SCC(=O)Nc2nccs2)nc2ccsc2c1=O. The monoisotopic (exact) mass is 394 g/mol. The summed E-state index contributed by atoms with van der Waals surface area (Å²) in [6.45, 7) is 4.85. The van der Waals surface area contributed by atoms with Crippen molar-refractivity contribution in [2.75, 3.05) is 11.1 Å². The van der Waals surface area contributed by atoms with E-state index in [1.807, 2.05) is 11.4 Å². The molecule has 0 spiro atoms. The smallest absolute Gasteiger partial charge is 0.272 e. The number of carbonyl (C=O) groups excluding carboxylic acids is 1. The molecule has 25 heavy (non-hydrogen) atoms. The maximum atomic E-state index is 12.7. The van der Waals surface area contributed by atoms with Crippen molar-refractivity contribution in [3.8, 4) is 0 Å². The first-order valence-electron chi connectivity index (χ1n) is 7.85. The van der Waals surface area contributed by atoms with Gasteiger partial charge < -0.3 is 5.32 Å². The van der Waals surface area contributed by atoms with Gasteiger partial charge in [-0.2, -0.15) is 0 Å². The number of amides is 1. The second-order valence-corrected chi connectivity index (χ2v) is 8.60. The summed E-state index contributed by atoms with van der Waals surface area (Å²) < 4.78 is 2.36. The summed E-state index contributed by atoms with van der Waals surface area (Å²) in [5.41, 5.74) is 0.669.